The van der Waals surface area contributed by atoms with Gasteiger partial charge in [-0.25, -0.2) is 0 Å². The first-order chi connectivity index (χ1) is 11.5. The van der Waals surface area contributed by atoms with Crippen LogP contribution >= 0.6 is 11.6 Å². The van der Waals surface area contributed by atoms with Crippen LogP contribution in [-0.2, 0) is 5.60 Å². The molecule has 1 N–H and O–H groups in total. The van der Waals surface area contributed by atoms with E-state index in [2.05, 4.69) is 17.9 Å². The normalized spacial score (nSPS) is 19.3. The Bertz CT molecular complexity index is 657. The van der Waals surface area contributed by atoms with Crippen LogP contribution in [0.15, 0.2) is 40.8 Å². The number of halogens is 1. The van der Waals surface area contributed by atoms with Crippen LogP contribution in [0.3, 0.4) is 0 Å². The molecular formula is C20H26ClNO2. The fourth-order valence-corrected chi connectivity index (χ4v) is 3.56. The van der Waals surface area contributed by atoms with Crippen LogP contribution < -0.4 is 0 Å². The number of benzene rings is 1. The Hall–Kier alpha value is -1.29. The number of piperidine rings is 1. The van der Waals surface area contributed by atoms with E-state index in [9.17, 15) is 5.11 Å². The molecule has 24 heavy (non-hydrogen) atoms. The topological polar surface area (TPSA) is 36.6 Å². The molecular weight excluding hydrogens is 322 g/mol. The molecule has 3 rings (SSSR count). The number of rotatable bonds is 5. The van der Waals surface area contributed by atoms with Gasteiger partial charge in [0.1, 0.15) is 11.5 Å². The summed E-state index contributed by atoms with van der Waals surface area (Å²) in [6.07, 6.45) is 2.61. The lowest BCUT2D eigenvalue weighted by Gasteiger charge is -2.38. The zero-order valence-electron chi connectivity index (χ0n) is 14.5. The molecule has 1 aliphatic heterocycles. The second kappa shape index (κ2) is 7.30. The van der Waals surface area contributed by atoms with E-state index in [1.165, 1.54) is 0 Å². The molecule has 4 heteroatoms. The van der Waals surface area contributed by atoms with Crippen LogP contribution in [0.5, 0.6) is 0 Å². The quantitative estimate of drug-likeness (QED) is 0.850. The van der Waals surface area contributed by atoms with Gasteiger partial charge in [-0.2, -0.15) is 0 Å². The number of likely N-dealkylation sites (tertiary alicyclic amines) is 1. The minimum Gasteiger partial charge on any atom is -0.466 e. The fraction of sp³-hybridized carbons (Fsp3) is 0.500. The molecule has 0 aliphatic carbocycles. The van der Waals surface area contributed by atoms with Gasteiger partial charge in [-0.05, 0) is 62.6 Å². The lowest BCUT2D eigenvalue weighted by Crippen LogP contribution is -2.43. The van der Waals surface area contributed by atoms with Crippen molar-refractivity contribution in [2.45, 2.75) is 44.6 Å². The number of hydrogen-bond donors (Lipinski definition) is 1. The Labute approximate surface area is 149 Å². The lowest BCUT2D eigenvalue weighted by molar-refractivity contribution is -0.0263. The minimum absolute atomic E-state index is 0.427. The van der Waals surface area contributed by atoms with Crippen LogP contribution in [0.1, 0.15) is 49.2 Å². The van der Waals surface area contributed by atoms with E-state index >= 15 is 0 Å². The van der Waals surface area contributed by atoms with E-state index < -0.39 is 5.60 Å². The SMILES string of the molecule is Cc1ccc(C(C)CCN2CCC(O)(c3ccc(Cl)cc3)CC2)o1. The number of aliphatic hydroxyl groups is 1. The third kappa shape index (κ3) is 4.02. The maximum Gasteiger partial charge on any atom is 0.107 e. The molecule has 130 valence electrons. The Morgan fingerprint density at radius 3 is 2.42 bits per heavy atom. The molecule has 0 radical (unpaired) electrons. The van der Waals surface area contributed by atoms with Gasteiger partial charge < -0.3 is 14.4 Å². The molecule has 1 aromatic heterocycles. The minimum atomic E-state index is -0.717. The summed E-state index contributed by atoms with van der Waals surface area (Å²) < 4.78 is 5.72. The Kier molecular flexibility index (Phi) is 5.33. The predicted molar refractivity (Wildman–Crippen MR) is 97.5 cm³/mol. The summed E-state index contributed by atoms with van der Waals surface area (Å²) in [5.74, 6) is 2.47. The molecule has 1 saturated heterocycles. The fourth-order valence-electron chi connectivity index (χ4n) is 3.43. The smallest absolute Gasteiger partial charge is 0.107 e. The van der Waals surface area contributed by atoms with Crippen molar-refractivity contribution >= 4 is 11.6 Å². The molecule has 1 unspecified atom stereocenters. The van der Waals surface area contributed by atoms with Crippen LogP contribution in [0.4, 0.5) is 0 Å². The molecule has 1 atom stereocenters. The van der Waals surface area contributed by atoms with Crippen molar-refractivity contribution in [3.05, 3.63) is 58.5 Å². The maximum atomic E-state index is 10.9. The van der Waals surface area contributed by atoms with Gasteiger partial charge in [0.15, 0.2) is 0 Å². The molecule has 3 nitrogen and oxygen atoms in total. The molecule has 0 bridgehead atoms. The van der Waals surface area contributed by atoms with Gasteiger partial charge in [-0.15, -0.1) is 0 Å². The van der Waals surface area contributed by atoms with Crippen molar-refractivity contribution < 1.29 is 9.52 Å². The number of hydrogen-bond acceptors (Lipinski definition) is 3. The molecule has 0 amide bonds. The van der Waals surface area contributed by atoms with Gasteiger partial charge in [0.05, 0.1) is 5.60 Å². The average molecular weight is 348 g/mol. The summed E-state index contributed by atoms with van der Waals surface area (Å²) in [5.41, 5.74) is 0.260. The maximum absolute atomic E-state index is 10.9. The first kappa shape index (κ1) is 17.5. The molecule has 1 aromatic carbocycles. The summed E-state index contributed by atoms with van der Waals surface area (Å²) in [5, 5.41) is 11.6. The third-order valence-electron chi connectivity index (χ3n) is 5.19. The Morgan fingerprint density at radius 1 is 1.17 bits per heavy atom. The van der Waals surface area contributed by atoms with Crippen LogP contribution in [0.2, 0.25) is 5.02 Å². The predicted octanol–water partition coefficient (Wildman–Crippen LogP) is 4.72. The van der Waals surface area contributed by atoms with Crippen LogP contribution in [0.25, 0.3) is 0 Å². The summed E-state index contributed by atoms with van der Waals surface area (Å²) in [4.78, 5) is 2.44. The van der Waals surface area contributed by atoms with Crippen molar-refractivity contribution in [1.82, 2.24) is 4.90 Å². The van der Waals surface area contributed by atoms with Gasteiger partial charge in [0, 0.05) is 24.0 Å². The first-order valence-electron chi connectivity index (χ1n) is 8.73. The highest BCUT2D eigenvalue weighted by Gasteiger charge is 2.33. The lowest BCUT2D eigenvalue weighted by atomic mass is 9.84. The molecule has 1 fully saturated rings. The van der Waals surface area contributed by atoms with Crippen molar-refractivity contribution in [2.75, 3.05) is 19.6 Å². The van der Waals surface area contributed by atoms with Crippen LogP contribution in [0, 0.1) is 6.92 Å². The van der Waals surface area contributed by atoms with E-state index in [4.69, 9.17) is 16.0 Å². The largest absolute Gasteiger partial charge is 0.466 e. The number of furan rings is 1. The average Bonchev–Trinajstić information content (AvgIpc) is 3.01. The standard InChI is InChI=1S/C20H26ClNO2/c1-15(19-8-3-16(2)24-19)9-12-22-13-10-20(23,11-14-22)17-4-6-18(21)7-5-17/h3-8,15,23H,9-14H2,1-2H3. The van der Waals surface area contributed by atoms with Crippen molar-refractivity contribution in [3.8, 4) is 0 Å². The molecule has 2 aromatic rings. The van der Waals surface area contributed by atoms with Crippen molar-refractivity contribution in [3.63, 3.8) is 0 Å². The van der Waals surface area contributed by atoms with Gasteiger partial charge in [-0.1, -0.05) is 30.7 Å². The molecule has 0 saturated carbocycles. The molecule has 1 aliphatic rings. The van der Waals surface area contributed by atoms with E-state index in [1.54, 1.807) is 0 Å². The van der Waals surface area contributed by atoms with Gasteiger partial charge in [0.25, 0.3) is 0 Å². The third-order valence-corrected chi connectivity index (χ3v) is 5.44. The number of nitrogens with zero attached hydrogens (tertiary/aromatic N) is 1. The molecule has 2 heterocycles. The number of aryl methyl sites for hydroxylation is 1. The summed E-state index contributed by atoms with van der Waals surface area (Å²) in [6.45, 7) is 7.08. The monoisotopic (exact) mass is 347 g/mol. The second-order valence-electron chi connectivity index (χ2n) is 7.02. The van der Waals surface area contributed by atoms with E-state index in [-0.39, 0.29) is 0 Å². The highest BCUT2D eigenvalue weighted by atomic mass is 35.5. The van der Waals surface area contributed by atoms with E-state index in [0.717, 1.165) is 56.0 Å². The van der Waals surface area contributed by atoms with Gasteiger partial charge >= 0.3 is 0 Å². The van der Waals surface area contributed by atoms with Crippen LogP contribution in [-0.4, -0.2) is 29.6 Å². The first-order valence-corrected chi connectivity index (χ1v) is 9.11. The second-order valence-corrected chi connectivity index (χ2v) is 7.45. The highest BCUT2D eigenvalue weighted by molar-refractivity contribution is 6.30. The Morgan fingerprint density at radius 2 is 1.83 bits per heavy atom. The van der Waals surface area contributed by atoms with E-state index in [0.29, 0.717) is 10.9 Å². The van der Waals surface area contributed by atoms with Crippen molar-refractivity contribution in [2.24, 2.45) is 0 Å². The zero-order valence-corrected chi connectivity index (χ0v) is 15.2. The highest BCUT2D eigenvalue weighted by Crippen LogP contribution is 2.33. The van der Waals surface area contributed by atoms with Crippen molar-refractivity contribution in [1.29, 1.82) is 0 Å². The summed E-state index contributed by atoms with van der Waals surface area (Å²) in [7, 11) is 0. The van der Waals surface area contributed by atoms with Gasteiger partial charge in [-0.3, -0.25) is 0 Å². The zero-order chi connectivity index (χ0) is 17.2. The summed E-state index contributed by atoms with van der Waals surface area (Å²) >= 11 is 5.94. The van der Waals surface area contributed by atoms with Gasteiger partial charge in [0.2, 0.25) is 0 Å². The van der Waals surface area contributed by atoms with E-state index in [1.807, 2.05) is 37.3 Å². The molecule has 0 spiro atoms. The summed E-state index contributed by atoms with van der Waals surface area (Å²) in [6, 6.07) is 11.7. The Balaban J connectivity index is 1.50.